The summed E-state index contributed by atoms with van der Waals surface area (Å²) in [6, 6.07) is 2.01. The maximum atomic E-state index is 11.4. The van der Waals surface area contributed by atoms with Gasteiger partial charge in [0.1, 0.15) is 0 Å². The summed E-state index contributed by atoms with van der Waals surface area (Å²) in [4.78, 5) is 11.4. The Balaban J connectivity index is 1.59. The zero-order chi connectivity index (χ0) is 11.4. The average molecular weight is 221 g/mol. The second kappa shape index (κ2) is 5.16. The molecule has 0 spiro atoms. The summed E-state index contributed by atoms with van der Waals surface area (Å²) < 4.78 is 1.98. The molecule has 1 aliphatic rings. The Morgan fingerprint density at radius 1 is 1.56 bits per heavy atom. The highest BCUT2D eigenvalue weighted by Gasteiger charge is 2.20. The smallest absolute Gasteiger partial charge is 0.234 e. The molecule has 0 aliphatic heterocycles. The van der Waals surface area contributed by atoms with Gasteiger partial charge in [0.15, 0.2) is 0 Å². The summed E-state index contributed by atoms with van der Waals surface area (Å²) in [5.41, 5.74) is 1.14. The largest absolute Gasteiger partial charge is 0.357 e. The van der Waals surface area contributed by atoms with Gasteiger partial charge in [-0.1, -0.05) is 0 Å². The molecule has 0 bridgehead atoms. The third-order valence-electron chi connectivity index (χ3n) is 2.80. The van der Waals surface area contributed by atoms with Gasteiger partial charge in [0.2, 0.25) is 5.91 Å². The van der Waals surface area contributed by atoms with Crippen molar-refractivity contribution in [3.05, 3.63) is 24.0 Å². The number of nitrogens with one attached hydrogen (secondary N) is 2. The van der Waals surface area contributed by atoms with Gasteiger partial charge >= 0.3 is 0 Å². The number of rotatable bonds is 6. The van der Waals surface area contributed by atoms with Crippen LogP contribution in [0.25, 0.3) is 0 Å². The Bertz CT molecular complexity index is 355. The summed E-state index contributed by atoms with van der Waals surface area (Å²) in [7, 11) is 1.97. The van der Waals surface area contributed by atoms with E-state index < -0.39 is 0 Å². The SMILES string of the molecule is Cn1ccc(CNC(=O)CNCC2CC2)c1. The fraction of sp³-hybridized carbons (Fsp3) is 0.583. The molecule has 1 heterocycles. The molecule has 0 unspecified atom stereocenters. The van der Waals surface area contributed by atoms with Gasteiger partial charge in [-0.15, -0.1) is 0 Å². The fourth-order valence-electron chi connectivity index (χ4n) is 1.64. The molecule has 16 heavy (non-hydrogen) atoms. The van der Waals surface area contributed by atoms with E-state index in [-0.39, 0.29) is 5.91 Å². The molecule has 0 atom stereocenters. The van der Waals surface area contributed by atoms with Crippen molar-refractivity contribution in [2.24, 2.45) is 13.0 Å². The van der Waals surface area contributed by atoms with E-state index in [1.807, 2.05) is 30.1 Å². The Hall–Kier alpha value is -1.29. The molecule has 2 rings (SSSR count). The van der Waals surface area contributed by atoms with Gasteiger partial charge in [0.25, 0.3) is 0 Å². The van der Waals surface area contributed by atoms with Crippen LogP contribution >= 0.6 is 0 Å². The fourth-order valence-corrected chi connectivity index (χ4v) is 1.64. The molecular weight excluding hydrogens is 202 g/mol. The molecule has 1 amide bonds. The van der Waals surface area contributed by atoms with Gasteiger partial charge in [0.05, 0.1) is 6.54 Å². The van der Waals surface area contributed by atoms with Crippen molar-refractivity contribution in [2.75, 3.05) is 13.1 Å². The highest BCUT2D eigenvalue weighted by molar-refractivity contribution is 5.77. The van der Waals surface area contributed by atoms with E-state index in [1.54, 1.807) is 0 Å². The van der Waals surface area contributed by atoms with Crippen LogP contribution in [0.1, 0.15) is 18.4 Å². The van der Waals surface area contributed by atoms with Crippen molar-refractivity contribution in [3.63, 3.8) is 0 Å². The first-order valence-corrected chi connectivity index (χ1v) is 5.82. The van der Waals surface area contributed by atoms with Crippen molar-refractivity contribution in [2.45, 2.75) is 19.4 Å². The lowest BCUT2D eigenvalue weighted by molar-refractivity contribution is -0.120. The van der Waals surface area contributed by atoms with Gasteiger partial charge < -0.3 is 15.2 Å². The van der Waals surface area contributed by atoms with Crippen molar-refractivity contribution in [3.8, 4) is 0 Å². The highest BCUT2D eigenvalue weighted by atomic mass is 16.1. The highest BCUT2D eigenvalue weighted by Crippen LogP contribution is 2.27. The molecule has 4 nitrogen and oxygen atoms in total. The van der Waals surface area contributed by atoms with Crippen LogP contribution in [0, 0.1) is 5.92 Å². The van der Waals surface area contributed by atoms with Gasteiger partial charge in [0, 0.05) is 26.0 Å². The van der Waals surface area contributed by atoms with E-state index >= 15 is 0 Å². The van der Waals surface area contributed by atoms with Crippen LogP contribution in [0.2, 0.25) is 0 Å². The molecule has 0 radical (unpaired) electrons. The van der Waals surface area contributed by atoms with E-state index in [0.717, 1.165) is 18.0 Å². The van der Waals surface area contributed by atoms with Crippen molar-refractivity contribution in [1.29, 1.82) is 0 Å². The maximum Gasteiger partial charge on any atom is 0.234 e. The molecule has 1 aromatic rings. The van der Waals surface area contributed by atoms with E-state index in [4.69, 9.17) is 0 Å². The summed E-state index contributed by atoms with van der Waals surface area (Å²) >= 11 is 0. The first-order valence-electron chi connectivity index (χ1n) is 5.82. The molecule has 1 aliphatic carbocycles. The Morgan fingerprint density at radius 3 is 3.00 bits per heavy atom. The predicted molar refractivity (Wildman–Crippen MR) is 62.9 cm³/mol. The second-order valence-corrected chi connectivity index (χ2v) is 4.54. The molecular formula is C12H19N3O. The lowest BCUT2D eigenvalue weighted by Gasteiger charge is -2.05. The minimum absolute atomic E-state index is 0.0736. The number of carbonyl (C=O) groups is 1. The third-order valence-corrected chi connectivity index (χ3v) is 2.80. The number of amides is 1. The Kier molecular flexibility index (Phi) is 3.62. The van der Waals surface area contributed by atoms with E-state index in [0.29, 0.717) is 13.1 Å². The maximum absolute atomic E-state index is 11.4. The van der Waals surface area contributed by atoms with Crippen LogP contribution in [-0.2, 0) is 18.4 Å². The molecule has 88 valence electrons. The molecule has 1 aromatic heterocycles. The van der Waals surface area contributed by atoms with Crippen LogP contribution in [-0.4, -0.2) is 23.6 Å². The van der Waals surface area contributed by atoms with Crippen molar-refractivity contribution in [1.82, 2.24) is 15.2 Å². The number of hydrogen-bond acceptors (Lipinski definition) is 2. The molecule has 0 aromatic carbocycles. The number of nitrogens with zero attached hydrogens (tertiary/aromatic N) is 1. The lowest BCUT2D eigenvalue weighted by Crippen LogP contribution is -2.34. The Morgan fingerprint density at radius 2 is 2.38 bits per heavy atom. The summed E-state index contributed by atoms with van der Waals surface area (Å²) in [5.74, 6) is 0.895. The minimum atomic E-state index is 0.0736. The standard InChI is InChI=1S/C12H19N3O/c1-15-5-4-11(9-15)7-14-12(16)8-13-6-10-2-3-10/h4-5,9-10,13H,2-3,6-8H2,1H3,(H,14,16). The van der Waals surface area contributed by atoms with Gasteiger partial charge in [-0.3, -0.25) is 4.79 Å². The second-order valence-electron chi connectivity index (χ2n) is 4.54. The molecule has 0 saturated heterocycles. The topological polar surface area (TPSA) is 46.1 Å². The first kappa shape index (κ1) is 11.2. The van der Waals surface area contributed by atoms with Crippen LogP contribution in [0.15, 0.2) is 18.5 Å². The summed E-state index contributed by atoms with van der Waals surface area (Å²) in [6.45, 7) is 2.03. The predicted octanol–water partition coefficient (Wildman–Crippen LogP) is 0.641. The number of carbonyl (C=O) groups excluding carboxylic acids is 1. The Labute approximate surface area is 96.0 Å². The molecule has 2 N–H and O–H groups in total. The molecule has 4 heteroatoms. The summed E-state index contributed by atoms with van der Waals surface area (Å²) in [5, 5.41) is 6.06. The van der Waals surface area contributed by atoms with Crippen LogP contribution in [0.5, 0.6) is 0 Å². The number of hydrogen-bond donors (Lipinski definition) is 2. The zero-order valence-electron chi connectivity index (χ0n) is 9.70. The first-order chi connectivity index (χ1) is 7.74. The molecule has 1 saturated carbocycles. The van der Waals surface area contributed by atoms with Gasteiger partial charge in [-0.25, -0.2) is 0 Å². The zero-order valence-corrected chi connectivity index (χ0v) is 9.70. The lowest BCUT2D eigenvalue weighted by atomic mass is 10.3. The van der Waals surface area contributed by atoms with E-state index in [1.165, 1.54) is 12.8 Å². The minimum Gasteiger partial charge on any atom is -0.357 e. The van der Waals surface area contributed by atoms with Gasteiger partial charge in [-0.2, -0.15) is 0 Å². The quantitative estimate of drug-likeness (QED) is 0.740. The van der Waals surface area contributed by atoms with E-state index in [2.05, 4.69) is 10.6 Å². The van der Waals surface area contributed by atoms with Crippen molar-refractivity contribution >= 4 is 5.91 Å². The number of aromatic nitrogens is 1. The normalized spacial score (nSPS) is 15.1. The summed E-state index contributed by atoms with van der Waals surface area (Å²) in [6.07, 6.45) is 6.63. The van der Waals surface area contributed by atoms with Crippen molar-refractivity contribution < 1.29 is 4.79 Å². The number of aryl methyl sites for hydroxylation is 1. The van der Waals surface area contributed by atoms with Crippen LogP contribution in [0.4, 0.5) is 0 Å². The van der Waals surface area contributed by atoms with Crippen LogP contribution in [0.3, 0.4) is 0 Å². The average Bonchev–Trinajstić information content (AvgIpc) is 2.98. The molecule has 1 fully saturated rings. The van der Waals surface area contributed by atoms with Gasteiger partial charge in [-0.05, 0) is 36.9 Å². The van der Waals surface area contributed by atoms with E-state index in [9.17, 15) is 4.79 Å². The monoisotopic (exact) mass is 221 g/mol. The third kappa shape index (κ3) is 3.70. The van der Waals surface area contributed by atoms with Crippen LogP contribution < -0.4 is 10.6 Å².